The Kier molecular flexibility index (Phi) is 3.68. The Morgan fingerprint density at radius 3 is 2.67 bits per heavy atom. The van der Waals surface area contributed by atoms with Gasteiger partial charge in [-0.3, -0.25) is 0 Å². The molecule has 0 amide bonds. The summed E-state index contributed by atoms with van der Waals surface area (Å²) in [7, 11) is 0. The van der Waals surface area contributed by atoms with E-state index in [2.05, 4.69) is 13.0 Å². The normalized spacial score (nSPS) is 20.1. The largest absolute Gasteiger partial charge is 0.418 e. The van der Waals surface area contributed by atoms with E-state index < -0.39 is 11.7 Å². The fourth-order valence-corrected chi connectivity index (χ4v) is 4.64. The van der Waals surface area contributed by atoms with Gasteiger partial charge in [0.1, 0.15) is 0 Å². The Morgan fingerprint density at radius 2 is 1.92 bits per heavy atom. The van der Waals surface area contributed by atoms with E-state index in [9.17, 15) is 13.2 Å². The van der Waals surface area contributed by atoms with Gasteiger partial charge in [-0.2, -0.15) is 13.2 Å². The van der Waals surface area contributed by atoms with Gasteiger partial charge in [-0.05, 0) is 65.7 Å². The second-order valence-electron chi connectivity index (χ2n) is 6.99. The van der Waals surface area contributed by atoms with Gasteiger partial charge in [0.25, 0.3) is 0 Å². The topological polar surface area (TPSA) is 0 Å². The van der Waals surface area contributed by atoms with Gasteiger partial charge in [0, 0.05) is 5.39 Å². The van der Waals surface area contributed by atoms with Crippen LogP contribution in [0, 0.1) is 5.92 Å². The molecule has 0 radical (unpaired) electrons. The molecule has 0 saturated carbocycles. The molecule has 2 aliphatic rings. The monoisotopic (exact) mass is 350 g/mol. The van der Waals surface area contributed by atoms with Gasteiger partial charge in [-0.25, -0.2) is 0 Å². The maximum atomic E-state index is 13.8. The number of allylic oxidation sites excluding steroid dienone is 1. The third-order valence-electron chi connectivity index (χ3n) is 5.36. The van der Waals surface area contributed by atoms with Gasteiger partial charge < -0.3 is 0 Å². The van der Waals surface area contributed by atoms with Crippen molar-refractivity contribution in [1.29, 1.82) is 0 Å². The van der Waals surface area contributed by atoms with Gasteiger partial charge in [0.15, 0.2) is 0 Å². The molecule has 4 rings (SSSR count). The quantitative estimate of drug-likeness (QED) is 0.502. The molecule has 0 aromatic heterocycles. The van der Waals surface area contributed by atoms with Crippen LogP contribution >= 0.6 is 11.6 Å². The third kappa shape index (κ3) is 2.36. The predicted octanol–water partition coefficient (Wildman–Crippen LogP) is 6.60. The highest BCUT2D eigenvalue weighted by molar-refractivity contribution is 6.37. The minimum atomic E-state index is -4.44. The van der Waals surface area contributed by atoms with Crippen molar-refractivity contribution in [2.75, 3.05) is 0 Å². The average Bonchev–Trinajstić information content (AvgIpc) is 2.53. The number of hydrogen-bond donors (Lipinski definition) is 0. The van der Waals surface area contributed by atoms with Gasteiger partial charge in [-0.1, -0.05) is 42.8 Å². The first kappa shape index (κ1) is 16.0. The standard InChI is InChI=1S/C20H18ClF3/c1-11-6-7-12-8-9-14-13-4-2-3-5-15(13)18(20(22,23)24)19(21)17(14)16(12)10-11/h3,5,8-9,11H,2,4,6-7,10H2,1H3. The summed E-state index contributed by atoms with van der Waals surface area (Å²) in [6.45, 7) is 2.15. The van der Waals surface area contributed by atoms with E-state index in [1.165, 1.54) is 0 Å². The predicted molar refractivity (Wildman–Crippen MR) is 92.5 cm³/mol. The highest BCUT2D eigenvalue weighted by atomic mass is 35.5. The second-order valence-corrected chi connectivity index (χ2v) is 7.37. The Bertz CT molecular complexity index is 862. The average molecular weight is 351 g/mol. The highest BCUT2D eigenvalue weighted by Gasteiger charge is 2.39. The second kappa shape index (κ2) is 5.52. The minimum absolute atomic E-state index is 0.117. The van der Waals surface area contributed by atoms with Crippen molar-refractivity contribution >= 4 is 28.4 Å². The molecule has 0 fully saturated rings. The molecule has 0 N–H and O–H groups in total. The van der Waals surface area contributed by atoms with E-state index in [1.807, 2.05) is 6.07 Å². The van der Waals surface area contributed by atoms with E-state index in [0.717, 1.165) is 47.8 Å². The maximum Gasteiger partial charge on any atom is 0.418 e. The first-order chi connectivity index (χ1) is 11.4. The van der Waals surface area contributed by atoms with Crippen LogP contribution in [-0.4, -0.2) is 0 Å². The Labute approximate surface area is 144 Å². The van der Waals surface area contributed by atoms with Crippen molar-refractivity contribution in [2.24, 2.45) is 5.92 Å². The van der Waals surface area contributed by atoms with Crippen LogP contribution in [0.5, 0.6) is 0 Å². The SMILES string of the molecule is CC1CCc2ccc3c4c(c(C(F)(F)F)c(Cl)c3c2C1)C=CCC4. The molecule has 2 aromatic rings. The van der Waals surface area contributed by atoms with Crippen molar-refractivity contribution in [1.82, 2.24) is 0 Å². The van der Waals surface area contributed by atoms with E-state index in [1.54, 1.807) is 12.2 Å². The molecule has 2 aromatic carbocycles. The molecule has 126 valence electrons. The Morgan fingerprint density at radius 1 is 1.12 bits per heavy atom. The van der Waals surface area contributed by atoms with Crippen LogP contribution in [-0.2, 0) is 25.4 Å². The van der Waals surface area contributed by atoms with Crippen molar-refractivity contribution in [2.45, 2.75) is 45.2 Å². The first-order valence-electron chi connectivity index (χ1n) is 8.40. The van der Waals surface area contributed by atoms with E-state index in [0.29, 0.717) is 17.7 Å². The van der Waals surface area contributed by atoms with Crippen LogP contribution in [0.4, 0.5) is 13.2 Å². The zero-order chi connectivity index (χ0) is 17.1. The summed E-state index contributed by atoms with van der Waals surface area (Å²) in [5, 5.41) is 1.43. The molecule has 24 heavy (non-hydrogen) atoms. The van der Waals surface area contributed by atoms with Crippen molar-refractivity contribution < 1.29 is 13.2 Å². The number of alkyl halides is 3. The minimum Gasteiger partial charge on any atom is -0.166 e. The molecule has 4 heteroatoms. The van der Waals surface area contributed by atoms with Crippen LogP contribution in [0.2, 0.25) is 5.02 Å². The summed E-state index contributed by atoms with van der Waals surface area (Å²) in [6.07, 6.45) is 3.16. The molecule has 1 unspecified atom stereocenters. The number of fused-ring (bicyclic) bond motifs is 5. The Balaban J connectivity index is 2.15. The van der Waals surface area contributed by atoms with E-state index in [4.69, 9.17) is 11.6 Å². The molecule has 0 spiro atoms. The molecule has 0 heterocycles. The fourth-order valence-electron chi connectivity index (χ4n) is 4.21. The van der Waals surface area contributed by atoms with Crippen LogP contribution < -0.4 is 0 Å². The molecule has 0 bridgehead atoms. The third-order valence-corrected chi connectivity index (χ3v) is 5.73. The lowest BCUT2D eigenvalue weighted by Crippen LogP contribution is -2.16. The van der Waals surface area contributed by atoms with Gasteiger partial charge in [0.05, 0.1) is 10.6 Å². The lowest BCUT2D eigenvalue weighted by molar-refractivity contribution is -0.137. The molecule has 0 saturated heterocycles. The van der Waals surface area contributed by atoms with E-state index in [-0.39, 0.29) is 10.6 Å². The molecule has 0 aliphatic heterocycles. The van der Waals surface area contributed by atoms with Crippen molar-refractivity contribution in [3.05, 3.63) is 51.0 Å². The van der Waals surface area contributed by atoms with Gasteiger partial charge >= 0.3 is 6.18 Å². The number of rotatable bonds is 0. The van der Waals surface area contributed by atoms with Crippen LogP contribution in [0.15, 0.2) is 18.2 Å². The molecular formula is C20H18ClF3. The summed E-state index contributed by atoms with van der Waals surface area (Å²) in [4.78, 5) is 0. The molecular weight excluding hydrogens is 333 g/mol. The van der Waals surface area contributed by atoms with Gasteiger partial charge in [0.2, 0.25) is 0 Å². The van der Waals surface area contributed by atoms with Crippen LogP contribution in [0.25, 0.3) is 16.8 Å². The molecule has 1 atom stereocenters. The fraction of sp³-hybridized carbons (Fsp3) is 0.400. The summed E-state index contributed by atoms with van der Waals surface area (Å²) in [5.41, 5.74) is 2.58. The lowest BCUT2D eigenvalue weighted by Gasteiger charge is -2.27. The summed E-state index contributed by atoms with van der Waals surface area (Å²) in [5.74, 6) is 0.476. The smallest absolute Gasteiger partial charge is 0.166 e. The van der Waals surface area contributed by atoms with Crippen LogP contribution in [0.1, 0.15) is 47.6 Å². The van der Waals surface area contributed by atoms with Crippen molar-refractivity contribution in [3.8, 4) is 0 Å². The number of aryl methyl sites for hydroxylation is 2. The molecule has 0 nitrogen and oxygen atoms in total. The zero-order valence-corrected chi connectivity index (χ0v) is 14.2. The van der Waals surface area contributed by atoms with Crippen LogP contribution in [0.3, 0.4) is 0 Å². The number of hydrogen-bond acceptors (Lipinski definition) is 0. The summed E-state index contributed by atoms with van der Waals surface area (Å²) >= 11 is 6.39. The maximum absolute atomic E-state index is 13.8. The highest BCUT2D eigenvalue weighted by Crippen LogP contribution is 2.47. The number of benzene rings is 2. The zero-order valence-electron chi connectivity index (χ0n) is 13.4. The Hall–Kier alpha value is -1.48. The summed E-state index contributed by atoms with van der Waals surface area (Å²) < 4.78 is 41.3. The van der Waals surface area contributed by atoms with Crippen molar-refractivity contribution in [3.63, 3.8) is 0 Å². The lowest BCUT2D eigenvalue weighted by atomic mass is 9.79. The first-order valence-corrected chi connectivity index (χ1v) is 8.78. The number of halogens is 4. The summed E-state index contributed by atoms with van der Waals surface area (Å²) in [6, 6.07) is 4.07. The molecule has 2 aliphatic carbocycles. The van der Waals surface area contributed by atoms with E-state index >= 15 is 0 Å². The van der Waals surface area contributed by atoms with Gasteiger partial charge in [-0.15, -0.1) is 0 Å².